The van der Waals surface area contributed by atoms with Crippen LogP contribution in [-0.2, 0) is 9.53 Å². The van der Waals surface area contributed by atoms with Crippen molar-refractivity contribution in [1.82, 2.24) is 0 Å². The lowest BCUT2D eigenvalue weighted by atomic mass is 10.1. The van der Waals surface area contributed by atoms with Gasteiger partial charge in [0, 0.05) is 11.8 Å². The van der Waals surface area contributed by atoms with Gasteiger partial charge in [0.05, 0.1) is 0 Å². The van der Waals surface area contributed by atoms with Crippen LogP contribution in [-0.4, -0.2) is 28.7 Å². The number of rotatable bonds is 5. The van der Waals surface area contributed by atoms with Gasteiger partial charge in [-0.3, -0.25) is 4.79 Å². The minimum absolute atomic E-state index is 0.132. The molecule has 0 aliphatic heterocycles. The van der Waals surface area contributed by atoms with Gasteiger partial charge in [0.15, 0.2) is 6.61 Å². The van der Waals surface area contributed by atoms with Crippen LogP contribution in [0, 0.1) is 0 Å². The molecule has 0 radical (unpaired) electrons. The number of amides is 1. The lowest BCUT2D eigenvalue weighted by molar-refractivity contribution is -0.119. The molecule has 0 unspecified atom stereocenters. The predicted molar refractivity (Wildman–Crippen MR) is 101 cm³/mol. The summed E-state index contributed by atoms with van der Waals surface area (Å²) in [6.07, 6.45) is 0. The summed E-state index contributed by atoms with van der Waals surface area (Å²) in [4.78, 5) is 23.8. The molecule has 0 fully saturated rings. The zero-order chi connectivity index (χ0) is 19.2. The van der Waals surface area contributed by atoms with Crippen molar-refractivity contribution in [3.8, 4) is 22.6 Å². The van der Waals surface area contributed by atoms with Gasteiger partial charge in [-0.05, 0) is 35.4 Å². The van der Waals surface area contributed by atoms with Crippen molar-refractivity contribution < 1.29 is 24.5 Å². The van der Waals surface area contributed by atoms with Crippen LogP contribution in [0.1, 0.15) is 10.4 Å². The maximum absolute atomic E-state index is 12.0. The minimum Gasteiger partial charge on any atom is -0.508 e. The molecule has 136 valence electrons. The zero-order valence-electron chi connectivity index (χ0n) is 14.3. The number of phenolic OH excluding ortho intramolecular Hbond substituents is 2. The second-order valence-corrected chi connectivity index (χ2v) is 5.77. The molecule has 0 aliphatic rings. The van der Waals surface area contributed by atoms with Crippen LogP contribution in [0.5, 0.6) is 11.5 Å². The van der Waals surface area contributed by atoms with E-state index >= 15 is 0 Å². The van der Waals surface area contributed by atoms with Crippen molar-refractivity contribution in [2.75, 3.05) is 11.9 Å². The Morgan fingerprint density at radius 2 is 1.52 bits per heavy atom. The van der Waals surface area contributed by atoms with Crippen LogP contribution in [0.3, 0.4) is 0 Å². The maximum Gasteiger partial charge on any atom is 0.342 e. The number of carbonyl (C=O) groups excluding carboxylic acids is 2. The number of hydrogen-bond donors (Lipinski definition) is 3. The predicted octanol–water partition coefficient (Wildman–Crippen LogP) is 3.56. The fraction of sp³-hybridized carbons (Fsp3) is 0.0476. The summed E-state index contributed by atoms with van der Waals surface area (Å²) in [5.41, 5.74) is 2.52. The SMILES string of the molecule is O=C(COC(=O)c1ccc(O)cc1O)Nc1ccc(-c2ccccc2)cc1. The summed E-state index contributed by atoms with van der Waals surface area (Å²) in [7, 11) is 0. The fourth-order valence-electron chi connectivity index (χ4n) is 2.48. The standard InChI is InChI=1S/C21H17NO5/c23-17-10-11-18(19(24)12-17)21(26)27-13-20(25)22-16-8-6-15(7-9-16)14-4-2-1-3-5-14/h1-12,23-24H,13H2,(H,22,25). The van der Waals surface area contributed by atoms with Crippen molar-refractivity contribution in [3.63, 3.8) is 0 Å². The van der Waals surface area contributed by atoms with E-state index in [-0.39, 0.29) is 11.3 Å². The number of esters is 1. The number of ether oxygens (including phenoxy) is 1. The maximum atomic E-state index is 12.0. The number of aromatic hydroxyl groups is 2. The molecule has 0 bridgehead atoms. The number of carbonyl (C=O) groups is 2. The van der Waals surface area contributed by atoms with Gasteiger partial charge >= 0.3 is 5.97 Å². The normalized spacial score (nSPS) is 10.2. The zero-order valence-corrected chi connectivity index (χ0v) is 14.3. The molecule has 3 aromatic carbocycles. The van der Waals surface area contributed by atoms with E-state index < -0.39 is 24.2 Å². The van der Waals surface area contributed by atoms with Crippen LogP contribution >= 0.6 is 0 Å². The largest absolute Gasteiger partial charge is 0.508 e. The van der Waals surface area contributed by atoms with Gasteiger partial charge in [0.1, 0.15) is 17.1 Å². The first-order chi connectivity index (χ1) is 13.0. The highest BCUT2D eigenvalue weighted by molar-refractivity contribution is 5.96. The van der Waals surface area contributed by atoms with Gasteiger partial charge in [-0.25, -0.2) is 4.79 Å². The van der Waals surface area contributed by atoms with E-state index in [9.17, 15) is 19.8 Å². The third-order valence-corrected chi connectivity index (χ3v) is 3.81. The Hall–Kier alpha value is -3.80. The minimum atomic E-state index is -0.859. The first-order valence-corrected chi connectivity index (χ1v) is 8.17. The van der Waals surface area contributed by atoms with Crippen molar-refractivity contribution in [2.45, 2.75) is 0 Å². The Morgan fingerprint density at radius 1 is 0.852 bits per heavy atom. The quantitative estimate of drug-likeness (QED) is 0.603. The molecule has 0 aliphatic carbocycles. The molecule has 6 heteroatoms. The van der Waals surface area contributed by atoms with Gasteiger partial charge in [0.2, 0.25) is 0 Å². The van der Waals surface area contributed by atoms with Crippen molar-refractivity contribution in [2.24, 2.45) is 0 Å². The van der Waals surface area contributed by atoms with Gasteiger partial charge in [-0.15, -0.1) is 0 Å². The van der Waals surface area contributed by atoms with E-state index in [2.05, 4.69) is 5.32 Å². The highest BCUT2D eigenvalue weighted by Crippen LogP contribution is 2.23. The van der Waals surface area contributed by atoms with E-state index in [0.29, 0.717) is 5.69 Å². The van der Waals surface area contributed by atoms with Crippen molar-refractivity contribution in [1.29, 1.82) is 0 Å². The average Bonchev–Trinajstić information content (AvgIpc) is 2.67. The number of anilines is 1. The molecule has 3 rings (SSSR count). The number of phenols is 2. The van der Waals surface area contributed by atoms with E-state index in [1.54, 1.807) is 12.1 Å². The molecule has 0 heterocycles. The smallest absolute Gasteiger partial charge is 0.342 e. The molecule has 1 amide bonds. The van der Waals surface area contributed by atoms with Gasteiger partial charge in [-0.1, -0.05) is 42.5 Å². The Kier molecular flexibility index (Phi) is 5.37. The first kappa shape index (κ1) is 18.0. The van der Waals surface area contributed by atoms with Crippen molar-refractivity contribution >= 4 is 17.6 Å². The Bertz CT molecular complexity index is 952. The molecule has 3 aromatic rings. The van der Waals surface area contributed by atoms with Crippen LogP contribution < -0.4 is 5.32 Å². The summed E-state index contributed by atoms with van der Waals surface area (Å²) in [6.45, 7) is -0.500. The van der Waals surface area contributed by atoms with Gasteiger partial charge in [-0.2, -0.15) is 0 Å². The molecule has 3 N–H and O–H groups in total. The summed E-state index contributed by atoms with van der Waals surface area (Å²) in [6, 6.07) is 20.6. The second-order valence-electron chi connectivity index (χ2n) is 5.77. The molecule has 6 nitrogen and oxygen atoms in total. The number of hydrogen-bond acceptors (Lipinski definition) is 5. The lowest BCUT2D eigenvalue weighted by Crippen LogP contribution is -2.20. The molecule has 27 heavy (non-hydrogen) atoms. The third kappa shape index (κ3) is 4.64. The molecule has 0 spiro atoms. The van der Waals surface area contributed by atoms with E-state index in [4.69, 9.17) is 4.74 Å². The first-order valence-electron chi connectivity index (χ1n) is 8.17. The highest BCUT2D eigenvalue weighted by atomic mass is 16.5. The topological polar surface area (TPSA) is 95.9 Å². The molecule has 0 aromatic heterocycles. The summed E-state index contributed by atoms with van der Waals surface area (Å²) in [5, 5.41) is 21.5. The van der Waals surface area contributed by atoms with Crippen molar-refractivity contribution in [3.05, 3.63) is 78.4 Å². The Morgan fingerprint density at radius 3 is 2.19 bits per heavy atom. The van der Waals surface area contributed by atoms with Crippen LogP contribution in [0.15, 0.2) is 72.8 Å². The average molecular weight is 363 g/mol. The number of benzene rings is 3. The van der Waals surface area contributed by atoms with Crippen LogP contribution in [0.25, 0.3) is 11.1 Å². The third-order valence-electron chi connectivity index (χ3n) is 3.81. The Labute approximate surface area is 155 Å². The second kappa shape index (κ2) is 8.05. The number of nitrogens with one attached hydrogen (secondary N) is 1. The summed E-state index contributed by atoms with van der Waals surface area (Å²) in [5.74, 6) is -1.96. The molecule has 0 saturated carbocycles. The monoisotopic (exact) mass is 363 g/mol. The van der Waals surface area contributed by atoms with E-state index in [1.165, 1.54) is 12.1 Å². The van der Waals surface area contributed by atoms with Gasteiger partial charge in [0.25, 0.3) is 5.91 Å². The highest BCUT2D eigenvalue weighted by Gasteiger charge is 2.15. The molecular weight excluding hydrogens is 346 g/mol. The van der Waals surface area contributed by atoms with Crippen LogP contribution in [0.4, 0.5) is 5.69 Å². The molecular formula is C21H17NO5. The van der Waals surface area contributed by atoms with Gasteiger partial charge < -0.3 is 20.3 Å². The molecule has 0 atom stereocenters. The Balaban J connectivity index is 1.55. The lowest BCUT2D eigenvalue weighted by Gasteiger charge is -2.08. The van der Waals surface area contributed by atoms with E-state index in [1.807, 2.05) is 42.5 Å². The molecule has 0 saturated heterocycles. The summed E-state index contributed by atoms with van der Waals surface area (Å²) >= 11 is 0. The summed E-state index contributed by atoms with van der Waals surface area (Å²) < 4.78 is 4.88. The van der Waals surface area contributed by atoms with Crippen LogP contribution in [0.2, 0.25) is 0 Å². The fourth-order valence-corrected chi connectivity index (χ4v) is 2.48. The van der Waals surface area contributed by atoms with E-state index in [0.717, 1.165) is 17.2 Å².